The number of benzene rings is 1. The zero-order chi connectivity index (χ0) is 23.2. The molecule has 0 fully saturated rings. The fraction of sp³-hybridized carbons (Fsp3) is 0.381. The van der Waals surface area contributed by atoms with Crippen LogP contribution in [-0.4, -0.2) is 39.9 Å². The van der Waals surface area contributed by atoms with Gasteiger partial charge >= 0.3 is 6.09 Å². The topological polar surface area (TPSA) is 125 Å². The van der Waals surface area contributed by atoms with Crippen LogP contribution in [0, 0.1) is 18.2 Å². The molecule has 4 N–H and O–H groups in total. The van der Waals surface area contributed by atoms with E-state index < -0.39 is 23.6 Å². The van der Waals surface area contributed by atoms with Gasteiger partial charge in [0.05, 0.1) is 17.3 Å². The number of amides is 1. The molecule has 166 valence electrons. The number of rotatable bonds is 7. The van der Waals surface area contributed by atoms with Crippen LogP contribution in [0.5, 0.6) is 0 Å². The van der Waals surface area contributed by atoms with Gasteiger partial charge in [0.2, 0.25) is 5.95 Å². The molecule has 0 saturated heterocycles. The summed E-state index contributed by atoms with van der Waals surface area (Å²) in [6.45, 7) is 8.70. The van der Waals surface area contributed by atoms with Crippen LogP contribution in [0.4, 0.5) is 15.1 Å². The van der Waals surface area contributed by atoms with E-state index in [-0.39, 0.29) is 17.3 Å². The number of carbonyl (C=O) groups is 1. The number of nitrogens with zero attached hydrogens (tertiary/aromatic N) is 3. The summed E-state index contributed by atoms with van der Waals surface area (Å²) in [5.74, 6) is -0.173. The summed E-state index contributed by atoms with van der Waals surface area (Å²) in [5, 5.41) is 15.8. The van der Waals surface area contributed by atoms with Gasteiger partial charge in [0.1, 0.15) is 17.7 Å². The van der Waals surface area contributed by atoms with Crippen LogP contribution in [0.15, 0.2) is 30.4 Å². The van der Waals surface area contributed by atoms with Crippen molar-refractivity contribution in [3.8, 4) is 11.4 Å². The van der Waals surface area contributed by atoms with Gasteiger partial charge < -0.3 is 26.1 Å². The van der Waals surface area contributed by atoms with Crippen molar-refractivity contribution in [2.24, 2.45) is 0 Å². The number of allylic oxidation sites excluding steroid dienone is 1. The summed E-state index contributed by atoms with van der Waals surface area (Å²) in [4.78, 5) is 24.4. The van der Waals surface area contributed by atoms with Crippen molar-refractivity contribution in [2.45, 2.75) is 46.3 Å². The van der Waals surface area contributed by atoms with Crippen LogP contribution in [-0.2, 0) is 4.74 Å². The molecule has 2 rings (SSSR count). The maximum absolute atomic E-state index is 15.2. The van der Waals surface area contributed by atoms with Gasteiger partial charge in [-0.2, -0.15) is 4.98 Å². The monoisotopic (exact) mass is 429 g/mol. The number of alkyl carbamates (subject to hydrolysis) is 1. The second-order valence-electron chi connectivity index (χ2n) is 7.80. The Kier molecular flexibility index (Phi) is 7.62. The fourth-order valence-electron chi connectivity index (χ4n) is 2.79. The molecule has 2 aromatic rings. The van der Waals surface area contributed by atoms with E-state index in [0.717, 1.165) is 6.21 Å². The highest BCUT2D eigenvalue weighted by Crippen LogP contribution is 2.28. The van der Waals surface area contributed by atoms with Gasteiger partial charge in [-0.15, -0.1) is 0 Å². The molecule has 1 aromatic carbocycles. The van der Waals surface area contributed by atoms with Crippen molar-refractivity contribution in [3.05, 3.63) is 47.3 Å². The van der Waals surface area contributed by atoms with Gasteiger partial charge in [0.25, 0.3) is 0 Å². The lowest BCUT2D eigenvalue weighted by Crippen LogP contribution is -2.34. The van der Waals surface area contributed by atoms with Crippen molar-refractivity contribution >= 4 is 18.3 Å². The highest BCUT2D eigenvalue weighted by atomic mass is 19.1. The molecule has 1 amide bonds. The van der Waals surface area contributed by atoms with Crippen LogP contribution in [0.1, 0.15) is 44.9 Å². The van der Waals surface area contributed by atoms with E-state index in [1.54, 1.807) is 60.0 Å². The predicted molar refractivity (Wildman–Crippen MR) is 117 cm³/mol. The number of aromatic nitrogens is 3. The Hall–Kier alpha value is -3.56. The molecule has 1 heterocycles. The van der Waals surface area contributed by atoms with Crippen LogP contribution in [0.2, 0.25) is 0 Å². The van der Waals surface area contributed by atoms with Gasteiger partial charge in [0, 0.05) is 19.5 Å². The van der Waals surface area contributed by atoms with Crippen molar-refractivity contribution in [1.82, 2.24) is 25.6 Å². The molecule has 0 bridgehead atoms. The van der Waals surface area contributed by atoms with E-state index in [4.69, 9.17) is 10.1 Å². The first-order chi connectivity index (χ1) is 14.6. The maximum Gasteiger partial charge on any atom is 0.408 e. The first-order valence-corrected chi connectivity index (χ1v) is 9.68. The molecule has 0 aliphatic heterocycles. The minimum Gasteiger partial charge on any atom is -0.444 e. The molecule has 0 aliphatic carbocycles. The molecular formula is C21H28FN7O2. The number of anilines is 1. The quantitative estimate of drug-likeness (QED) is 0.495. The number of ether oxygens (including phenoxy) is 1. The molecule has 0 saturated carbocycles. The molecule has 1 aromatic heterocycles. The molecule has 0 radical (unpaired) electrons. The average Bonchev–Trinajstić information content (AvgIpc) is 2.68. The molecule has 10 heteroatoms. The van der Waals surface area contributed by atoms with Gasteiger partial charge in [0.15, 0.2) is 5.82 Å². The van der Waals surface area contributed by atoms with E-state index in [0.29, 0.717) is 16.8 Å². The number of hydrogen-bond acceptors (Lipinski definition) is 8. The minimum absolute atomic E-state index is 0.145. The number of nitrogens with one attached hydrogen (secondary N) is 4. The van der Waals surface area contributed by atoms with Crippen LogP contribution in [0.25, 0.3) is 11.4 Å². The molecule has 9 nitrogen and oxygen atoms in total. The van der Waals surface area contributed by atoms with E-state index in [1.807, 2.05) is 0 Å². The Morgan fingerprint density at radius 2 is 2.00 bits per heavy atom. The van der Waals surface area contributed by atoms with Gasteiger partial charge in [-0.3, -0.25) is 0 Å². The van der Waals surface area contributed by atoms with Crippen molar-refractivity contribution < 1.29 is 13.9 Å². The van der Waals surface area contributed by atoms with E-state index in [1.165, 1.54) is 6.33 Å². The van der Waals surface area contributed by atoms with Crippen molar-refractivity contribution in [1.29, 1.82) is 5.41 Å². The van der Waals surface area contributed by atoms with Crippen LogP contribution < -0.4 is 16.0 Å². The SMILES string of the molecule is CN/C=C(\C=N)Nc1ncnc(-c2ccc(C(C)NC(=O)OC(C)(C)C)c(C)c2F)n1. The fourth-order valence-corrected chi connectivity index (χ4v) is 2.79. The van der Waals surface area contributed by atoms with Gasteiger partial charge in [-0.05, 0) is 51.8 Å². The minimum atomic E-state index is -0.627. The normalized spacial score (nSPS) is 12.7. The average molecular weight is 430 g/mol. The highest BCUT2D eigenvalue weighted by Gasteiger charge is 2.21. The number of hydrogen-bond donors (Lipinski definition) is 4. The lowest BCUT2D eigenvalue weighted by molar-refractivity contribution is 0.0507. The Balaban J connectivity index is 2.28. The first-order valence-electron chi connectivity index (χ1n) is 9.68. The third-order valence-electron chi connectivity index (χ3n) is 4.15. The third-order valence-corrected chi connectivity index (χ3v) is 4.15. The summed E-state index contributed by atoms with van der Waals surface area (Å²) in [7, 11) is 1.70. The Morgan fingerprint density at radius 3 is 2.61 bits per heavy atom. The van der Waals surface area contributed by atoms with Crippen molar-refractivity contribution in [2.75, 3.05) is 12.4 Å². The zero-order valence-electron chi connectivity index (χ0n) is 18.5. The van der Waals surface area contributed by atoms with Crippen LogP contribution >= 0.6 is 0 Å². The van der Waals surface area contributed by atoms with Crippen molar-refractivity contribution in [3.63, 3.8) is 0 Å². The molecule has 1 atom stereocenters. The standard InChI is InChI=1S/C21H28FN7O2/c1-12-15(13(2)27-20(30)31-21(3,4)5)7-8-16(17(12)22)18-25-11-26-19(29-18)28-14(9-23)10-24-6/h7-11,13,23-24H,1-6H3,(H,27,30)(H,25,26,28,29)/b14-10+,23-9?. The molecule has 1 unspecified atom stereocenters. The number of halogens is 1. The molecule has 0 spiro atoms. The second kappa shape index (κ2) is 9.96. The summed E-state index contributed by atoms with van der Waals surface area (Å²) >= 11 is 0. The lowest BCUT2D eigenvalue weighted by Gasteiger charge is -2.23. The third kappa shape index (κ3) is 6.46. The first kappa shape index (κ1) is 23.7. The summed E-state index contributed by atoms with van der Waals surface area (Å²) < 4.78 is 20.4. The van der Waals surface area contributed by atoms with Crippen LogP contribution in [0.3, 0.4) is 0 Å². The van der Waals surface area contributed by atoms with E-state index in [9.17, 15) is 4.79 Å². The maximum atomic E-state index is 15.2. The Bertz CT molecular complexity index is 986. The second-order valence-corrected chi connectivity index (χ2v) is 7.80. The molecule has 0 aliphatic rings. The largest absolute Gasteiger partial charge is 0.444 e. The smallest absolute Gasteiger partial charge is 0.408 e. The molecular weight excluding hydrogens is 401 g/mol. The summed E-state index contributed by atoms with van der Waals surface area (Å²) in [5.41, 5.74) is 0.978. The Labute approximate surface area is 181 Å². The predicted octanol–water partition coefficient (Wildman–Crippen LogP) is 3.69. The van der Waals surface area contributed by atoms with E-state index in [2.05, 4.69) is 30.9 Å². The summed E-state index contributed by atoms with van der Waals surface area (Å²) in [6.07, 6.45) is 3.35. The number of carbonyl (C=O) groups excluding carboxylic acids is 1. The highest BCUT2D eigenvalue weighted by molar-refractivity contribution is 5.79. The van der Waals surface area contributed by atoms with E-state index >= 15 is 4.39 Å². The zero-order valence-corrected chi connectivity index (χ0v) is 18.5. The Morgan fingerprint density at radius 1 is 1.29 bits per heavy atom. The van der Waals surface area contributed by atoms with Gasteiger partial charge in [-0.1, -0.05) is 6.07 Å². The van der Waals surface area contributed by atoms with Gasteiger partial charge in [-0.25, -0.2) is 19.2 Å². The lowest BCUT2D eigenvalue weighted by atomic mass is 9.98. The molecule has 31 heavy (non-hydrogen) atoms. The summed E-state index contributed by atoms with van der Waals surface area (Å²) in [6, 6.07) is 2.82.